The molecule has 5 rings (SSSR count). The molecule has 30 heavy (non-hydrogen) atoms. The van der Waals surface area contributed by atoms with E-state index in [2.05, 4.69) is 62.7 Å². The summed E-state index contributed by atoms with van der Waals surface area (Å²) in [6, 6.07) is 8.41. The number of hydrogen-bond donors (Lipinski definition) is 0. The molecule has 0 aliphatic carbocycles. The molecule has 2 aliphatic rings. The zero-order chi connectivity index (χ0) is 20.7. The van der Waals surface area contributed by atoms with Crippen molar-refractivity contribution in [2.45, 2.75) is 32.2 Å². The van der Waals surface area contributed by atoms with Crippen LogP contribution in [0.4, 0.5) is 5.69 Å². The van der Waals surface area contributed by atoms with Crippen molar-refractivity contribution in [3.8, 4) is 5.82 Å². The number of nitrogens with zero attached hydrogens (tertiary/aromatic N) is 6. The number of hydrogen-bond acceptors (Lipinski definition) is 5. The fraction of sp³-hybridized carbons (Fsp3) is 0.391. The predicted molar refractivity (Wildman–Crippen MR) is 115 cm³/mol. The van der Waals surface area contributed by atoms with Gasteiger partial charge in [-0.05, 0) is 43.0 Å². The maximum Gasteiger partial charge on any atom is 0.274 e. The van der Waals surface area contributed by atoms with Gasteiger partial charge in [0, 0.05) is 44.4 Å². The smallest absolute Gasteiger partial charge is 0.274 e. The van der Waals surface area contributed by atoms with Crippen LogP contribution in [0, 0.1) is 5.92 Å². The monoisotopic (exact) mass is 402 g/mol. The van der Waals surface area contributed by atoms with Crippen LogP contribution in [-0.4, -0.2) is 50.0 Å². The second kappa shape index (κ2) is 7.23. The lowest BCUT2D eigenvalue weighted by Gasteiger charge is -2.47. The molecule has 1 amide bonds. The molecule has 2 aliphatic heterocycles. The van der Waals surface area contributed by atoms with Crippen LogP contribution in [0.25, 0.3) is 5.82 Å². The second-order valence-electron chi connectivity index (χ2n) is 8.54. The van der Waals surface area contributed by atoms with Gasteiger partial charge in [-0.3, -0.25) is 9.78 Å². The molecule has 7 nitrogen and oxygen atoms in total. The molecule has 0 unspecified atom stereocenters. The fourth-order valence-corrected chi connectivity index (χ4v) is 4.79. The van der Waals surface area contributed by atoms with Gasteiger partial charge in [-0.1, -0.05) is 13.8 Å². The number of aromatic nitrogens is 4. The minimum absolute atomic E-state index is 0.0566. The van der Waals surface area contributed by atoms with Gasteiger partial charge < -0.3 is 14.4 Å². The molecular weight excluding hydrogens is 376 g/mol. The Labute approximate surface area is 176 Å². The number of rotatable bonds is 4. The average Bonchev–Trinajstić information content (AvgIpc) is 3.43. The van der Waals surface area contributed by atoms with Crippen molar-refractivity contribution < 1.29 is 4.79 Å². The molecule has 0 N–H and O–H groups in total. The highest BCUT2D eigenvalue weighted by Gasteiger charge is 2.50. The SMILES string of the molecule is CC(C)CCN1c2cccnc2-n2cccc2[C@]12CCN(C(=O)c1cnccn1)C2. The highest BCUT2D eigenvalue weighted by molar-refractivity contribution is 5.92. The normalized spacial score (nSPS) is 20.0. The Morgan fingerprint density at radius 1 is 1.17 bits per heavy atom. The van der Waals surface area contributed by atoms with E-state index in [9.17, 15) is 4.79 Å². The molecule has 0 bridgehead atoms. The summed E-state index contributed by atoms with van der Waals surface area (Å²) in [4.78, 5) is 30.5. The van der Waals surface area contributed by atoms with Crippen molar-refractivity contribution in [2.24, 2.45) is 5.92 Å². The number of carbonyl (C=O) groups excluding carboxylic acids is 1. The van der Waals surface area contributed by atoms with Gasteiger partial charge in [-0.25, -0.2) is 9.97 Å². The zero-order valence-corrected chi connectivity index (χ0v) is 17.4. The first-order valence-corrected chi connectivity index (χ1v) is 10.6. The van der Waals surface area contributed by atoms with Crippen LogP contribution in [-0.2, 0) is 5.54 Å². The number of likely N-dealkylation sites (tertiary alicyclic amines) is 1. The maximum absolute atomic E-state index is 13.1. The van der Waals surface area contributed by atoms with Crippen LogP contribution < -0.4 is 4.90 Å². The van der Waals surface area contributed by atoms with E-state index in [4.69, 9.17) is 0 Å². The van der Waals surface area contributed by atoms with Crippen LogP contribution >= 0.6 is 0 Å². The molecule has 5 heterocycles. The van der Waals surface area contributed by atoms with E-state index < -0.39 is 0 Å². The molecule has 0 radical (unpaired) electrons. The highest BCUT2D eigenvalue weighted by Crippen LogP contribution is 2.47. The van der Waals surface area contributed by atoms with Gasteiger partial charge in [-0.2, -0.15) is 0 Å². The third kappa shape index (κ3) is 2.88. The van der Waals surface area contributed by atoms with Crippen LogP contribution in [0.1, 0.15) is 42.9 Å². The van der Waals surface area contributed by atoms with Crippen LogP contribution in [0.5, 0.6) is 0 Å². The van der Waals surface area contributed by atoms with Crippen molar-refractivity contribution in [2.75, 3.05) is 24.5 Å². The van der Waals surface area contributed by atoms with Gasteiger partial charge in [0.2, 0.25) is 0 Å². The molecule has 7 heteroatoms. The Kier molecular flexibility index (Phi) is 4.53. The Morgan fingerprint density at radius 3 is 2.87 bits per heavy atom. The first-order valence-electron chi connectivity index (χ1n) is 10.6. The molecule has 0 saturated carbocycles. The summed E-state index contributed by atoms with van der Waals surface area (Å²) in [5, 5.41) is 0. The average molecular weight is 403 g/mol. The topological polar surface area (TPSA) is 67.2 Å². The van der Waals surface area contributed by atoms with E-state index in [0.29, 0.717) is 24.7 Å². The summed E-state index contributed by atoms with van der Waals surface area (Å²) >= 11 is 0. The number of amides is 1. The van der Waals surface area contributed by atoms with Gasteiger partial charge in [0.25, 0.3) is 5.91 Å². The van der Waals surface area contributed by atoms with E-state index in [1.54, 1.807) is 18.6 Å². The summed E-state index contributed by atoms with van der Waals surface area (Å²) in [7, 11) is 0. The third-order valence-corrected chi connectivity index (χ3v) is 6.27. The second-order valence-corrected chi connectivity index (χ2v) is 8.54. The van der Waals surface area contributed by atoms with Gasteiger partial charge in [0.1, 0.15) is 11.2 Å². The van der Waals surface area contributed by atoms with E-state index in [-0.39, 0.29) is 11.4 Å². The number of carbonyl (C=O) groups is 1. The van der Waals surface area contributed by atoms with E-state index >= 15 is 0 Å². The summed E-state index contributed by atoms with van der Waals surface area (Å²) in [6.45, 7) is 6.74. The lowest BCUT2D eigenvalue weighted by molar-refractivity contribution is 0.0775. The third-order valence-electron chi connectivity index (χ3n) is 6.27. The quantitative estimate of drug-likeness (QED) is 0.670. The Balaban J connectivity index is 1.56. The van der Waals surface area contributed by atoms with Crippen molar-refractivity contribution in [3.63, 3.8) is 0 Å². The molecule has 1 spiro atoms. The van der Waals surface area contributed by atoms with Crippen molar-refractivity contribution in [3.05, 3.63) is 66.6 Å². The molecule has 3 aromatic heterocycles. The summed E-state index contributed by atoms with van der Waals surface area (Å²) in [5.74, 6) is 1.50. The largest absolute Gasteiger partial charge is 0.355 e. The van der Waals surface area contributed by atoms with Gasteiger partial charge in [0.15, 0.2) is 5.82 Å². The van der Waals surface area contributed by atoms with E-state index in [0.717, 1.165) is 30.9 Å². The number of anilines is 1. The standard InChI is InChI=1S/C23H26N6O/c1-17(2)7-13-29-19-5-3-9-26-21(19)28-12-4-6-20(28)23(29)8-14-27(16-23)22(30)18-15-24-10-11-25-18/h3-6,9-12,15,17H,7-8,13-14,16H2,1-2H3/t23-/m1/s1. The van der Waals surface area contributed by atoms with E-state index in [1.807, 2.05) is 17.2 Å². The molecule has 3 aromatic rings. The van der Waals surface area contributed by atoms with Gasteiger partial charge in [-0.15, -0.1) is 0 Å². The summed E-state index contributed by atoms with van der Waals surface area (Å²) < 4.78 is 2.19. The first kappa shape index (κ1) is 18.8. The van der Waals surface area contributed by atoms with E-state index in [1.165, 1.54) is 5.69 Å². The molecule has 0 aromatic carbocycles. The lowest BCUT2D eigenvalue weighted by Crippen LogP contribution is -2.53. The van der Waals surface area contributed by atoms with Gasteiger partial charge >= 0.3 is 0 Å². The molecule has 1 fully saturated rings. The Hall–Kier alpha value is -3.22. The Morgan fingerprint density at radius 2 is 2.07 bits per heavy atom. The van der Waals surface area contributed by atoms with Crippen LogP contribution in [0.15, 0.2) is 55.2 Å². The maximum atomic E-state index is 13.1. The lowest BCUT2D eigenvalue weighted by atomic mass is 9.88. The fourth-order valence-electron chi connectivity index (χ4n) is 4.79. The molecule has 1 atom stereocenters. The minimum atomic E-state index is -0.272. The van der Waals surface area contributed by atoms with Crippen molar-refractivity contribution in [1.82, 2.24) is 24.4 Å². The minimum Gasteiger partial charge on any atom is -0.355 e. The molecule has 154 valence electrons. The van der Waals surface area contributed by atoms with Crippen molar-refractivity contribution >= 4 is 11.6 Å². The van der Waals surface area contributed by atoms with Crippen LogP contribution in [0.3, 0.4) is 0 Å². The zero-order valence-electron chi connectivity index (χ0n) is 17.4. The predicted octanol–water partition coefficient (Wildman–Crippen LogP) is 3.27. The highest BCUT2D eigenvalue weighted by atomic mass is 16.2. The molecule has 1 saturated heterocycles. The summed E-state index contributed by atoms with van der Waals surface area (Å²) in [6.07, 6.45) is 10.6. The number of fused-ring (bicyclic) bond motifs is 4. The molecular formula is C23H26N6O. The first-order chi connectivity index (χ1) is 14.6. The number of pyridine rings is 1. The van der Waals surface area contributed by atoms with Crippen molar-refractivity contribution in [1.29, 1.82) is 0 Å². The van der Waals surface area contributed by atoms with Crippen LogP contribution in [0.2, 0.25) is 0 Å². The Bertz CT molecular complexity index is 1060. The van der Waals surface area contributed by atoms with Gasteiger partial charge in [0.05, 0.1) is 17.6 Å². The summed E-state index contributed by atoms with van der Waals surface area (Å²) in [5.41, 5.74) is 2.46.